The Labute approximate surface area is 89.5 Å². The smallest absolute Gasteiger partial charge is 0.134 e. The summed E-state index contributed by atoms with van der Waals surface area (Å²) in [7, 11) is 1.66. The molecular weight excluding hydrogens is 188 g/mol. The van der Waals surface area contributed by atoms with Crippen LogP contribution in [-0.4, -0.2) is 7.11 Å². The van der Waals surface area contributed by atoms with E-state index in [0.717, 1.165) is 22.8 Å². The van der Waals surface area contributed by atoms with Crippen LogP contribution in [0.25, 0.3) is 11.3 Å². The summed E-state index contributed by atoms with van der Waals surface area (Å²) in [6.45, 7) is 4.02. The Hall–Kier alpha value is -1.70. The summed E-state index contributed by atoms with van der Waals surface area (Å²) < 4.78 is 10.7. The average molecular weight is 202 g/mol. The topological polar surface area (TPSA) is 22.4 Å². The molecule has 15 heavy (non-hydrogen) atoms. The molecule has 0 spiro atoms. The van der Waals surface area contributed by atoms with Crippen LogP contribution in [0.2, 0.25) is 0 Å². The maximum Gasteiger partial charge on any atom is 0.134 e. The Kier molecular flexibility index (Phi) is 2.50. The first kappa shape index (κ1) is 9.84. The van der Waals surface area contributed by atoms with Crippen molar-refractivity contribution >= 4 is 0 Å². The summed E-state index contributed by atoms with van der Waals surface area (Å²) in [6.07, 6.45) is 0. The molecule has 0 N–H and O–H groups in total. The van der Waals surface area contributed by atoms with Crippen molar-refractivity contribution < 1.29 is 9.15 Å². The molecule has 0 fully saturated rings. The van der Waals surface area contributed by atoms with E-state index in [4.69, 9.17) is 9.15 Å². The van der Waals surface area contributed by atoms with Gasteiger partial charge in [0.15, 0.2) is 0 Å². The van der Waals surface area contributed by atoms with Crippen LogP contribution in [0.15, 0.2) is 34.7 Å². The van der Waals surface area contributed by atoms with Crippen molar-refractivity contribution in [2.24, 2.45) is 0 Å². The van der Waals surface area contributed by atoms with E-state index in [1.807, 2.05) is 38.1 Å². The number of rotatable bonds is 2. The van der Waals surface area contributed by atoms with E-state index in [0.29, 0.717) is 0 Å². The highest BCUT2D eigenvalue weighted by atomic mass is 16.5. The number of aryl methyl sites for hydroxylation is 2. The molecule has 0 aliphatic carbocycles. The predicted molar refractivity (Wildman–Crippen MR) is 60.2 cm³/mol. The number of furan rings is 1. The zero-order valence-corrected chi connectivity index (χ0v) is 9.20. The molecule has 0 saturated carbocycles. The minimum Gasteiger partial charge on any atom is -0.497 e. The minimum absolute atomic E-state index is 0.860. The van der Waals surface area contributed by atoms with Gasteiger partial charge in [0.2, 0.25) is 0 Å². The molecule has 2 rings (SSSR count). The molecule has 1 aromatic carbocycles. The Morgan fingerprint density at radius 3 is 2.20 bits per heavy atom. The van der Waals surface area contributed by atoms with Crippen molar-refractivity contribution in [2.75, 3.05) is 7.11 Å². The molecule has 0 amide bonds. The molecule has 0 bridgehead atoms. The van der Waals surface area contributed by atoms with Crippen LogP contribution in [0.5, 0.6) is 5.75 Å². The monoisotopic (exact) mass is 202 g/mol. The third-order valence-electron chi connectivity index (χ3n) is 2.54. The van der Waals surface area contributed by atoms with Gasteiger partial charge in [-0.15, -0.1) is 0 Å². The number of methoxy groups -OCH3 is 1. The van der Waals surface area contributed by atoms with Crippen LogP contribution in [0.1, 0.15) is 11.3 Å². The molecule has 0 aliphatic heterocycles. The first-order valence-corrected chi connectivity index (χ1v) is 4.92. The molecule has 0 atom stereocenters. The number of benzene rings is 1. The van der Waals surface area contributed by atoms with Gasteiger partial charge in [-0.05, 0) is 49.7 Å². The summed E-state index contributed by atoms with van der Waals surface area (Å²) in [6, 6.07) is 9.91. The van der Waals surface area contributed by atoms with E-state index in [1.54, 1.807) is 7.11 Å². The number of hydrogen-bond acceptors (Lipinski definition) is 2. The van der Waals surface area contributed by atoms with Gasteiger partial charge >= 0.3 is 0 Å². The second-order valence-electron chi connectivity index (χ2n) is 3.58. The lowest BCUT2D eigenvalue weighted by Crippen LogP contribution is -1.81. The van der Waals surface area contributed by atoms with Gasteiger partial charge in [0.1, 0.15) is 17.3 Å². The summed E-state index contributed by atoms with van der Waals surface area (Å²) in [5, 5.41) is 0. The molecular formula is C13H14O2. The molecule has 1 heterocycles. The molecule has 2 nitrogen and oxygen atoms in total. The van der Waals surface area contributed by atoms with Crippen molar-refractivity contribution in [1.82, 2.24) is 0 Å². The second kappa shape index (κ2) is 3.81. The van der Waals surface area contributed by atoms with Gasteiger partial charge in [-0.2, -0.15) is 0 Å². The highest BCUT2D eigenvalue weighted by molar-refractivity contribution is 5.59. The SMILES string of the molecule is COc1ccc(-c2cc(C)c(C)o2)cc1. The quantitative estimate of drug-likeness (QED) is 0.742. The fraction of sp³-hybridized carbons (Fsp3) is 0.231. The van der Waals surface area contributed by atoms with Gasteiger partial charge < -0.3 is 9.15 Å². The third-order valence-corrected chi connectivity index (χ3v) is 2.54. The van der Waals surface area contributed by atoms with E-state index < -0.39 is 0 Å². The Bertz CT molecular complexity index is 432. The molecule has 0 radical (unpaired) electrons. The third kappa shape index (κ3) is 1.89. The Balaban J connectivity index is 2.37. The lowest BCUT2D eigenvalue weighted by molar-refractivity contribution is 0.415. The first-order chi connectivity index (χ1) is 7.20. The van der Waals surface area contributed by atoms with E-state index in [1.165, 1.54) is 5.56 Å². The fourth-order valence-electron chi connectivity index (χ4n) is 1.47. The summed E-state index contributed by atoms with van der Waals surface area (Å²) in [5.41, 5.74) is 2.26. The highest BCUT2D eigenvalue weighted by Gasteiger charge is 2.05. The summed E-state index contributed by atoms with van der Waals surface area (Å²) in [5.74, 6) is 2.74. The molecule has 0 unspecified atom stereocenters. The molecule has 0 aliphatic rings. The minimum atomic E-state index is 0.860. The zero-order chi connectivity index (χ0) is 10.8. The highest BCUT2D eigenvalue weighted by Crippen LogP contribution is 2.26. The maximum absolute atomic E-state index is 5.63. The van der Waals surface area contributed by atoms with Crippen LogP contribution >= 0.6 is 0 Å². The zero-order valence-electron chi connectivity index (χ0n) is 9.20. The van der Waals surface area contributed by atoms with Crippen LogP contribution < -0.4 is 4.74 Å². The summed E-state index contributed by atoms with van der Waals surface area (Å²) >= 11 is 0. The largest absolute Gasteiger partial charge is 0.497 e. The lowest BCUT2D eigenvalue weighted by Gasteiger charge is -2.00. The predicted octanol–water partition coefficient (Wildman–Crippen LogP) is 3.57. The molecule has 0 saturated heterocycles. The van der Waals surface area contributed by atoms with Crippen LogP contribution in [0.4, 0.5) is 0 Å². The van der Waals surface area contributed by atoms with Gasteiger partial charge in [0.25, 0.3) is 0 Å². The Morgan fingerprint density at radius 2 is 1.73 bits per heavy atom. The van der Waals surface area contributed by atoms with Crippen molar-refractivity contribution in [2.45, 2.75) is 13.8 Å². The lowest BCUT2D eigenvalue weighted by atomic mass is 10.1. The molecule has 2 heteroatoms. The molecule has 2 aromatic rings. The van der Waals surface area contributed by atoms with Crippen molar-refractivity contribution in [3.8, 4) is 17.1 Å². The van der Waals surface area contributed by atoms with E-state index in [-0.39, 0.29) is 0 Å². The van der Waals surface area contributed by atoms with Gasteiger partial charge in [0.05, 0.1) is 7.11 Å². The van der Waals surface area contributed by atoms with Crippen LogP contribution in [-0.2, 0) is 0 Å². The van der Waals surface area contributed by atoms with E-state index in [2.05, 4.69) is 6.07 Å². The van der Waals surface area contributed by atoms with E-state index >= 15 is 0 Å². The van der Waals surface area contributed by atoms with Crippen molar-refractivity contribution in [1.29, 1.82) is 0 Å². The van der Waals surface area contributed by atoms with Gasteiger partial charge in [-0.3, -0.25) is 0 Å². The van der Waals surface area contributed by atoms with E-state index in [9.17, 15) is 0 Å². The molecule has 78 valence electrons. The number of ether oxygens (including phenoxy) is 1. The summed E-state index contributed by atoms with van der Waals surface area (Å²) in [4.78, 5) is 0. The number of hydrogen-bond donors (Lipinski definition) is 0. The fourth-order valence-corrected chi connectivity index (χ4v) is 1.47. The standard InChI is InChI=1S/C13H14O2/c1-9-8-13(15-10(9)2)11-4-6-12(14-3)7-5-11/h4-8H,1-3H3. The van der Waals surface area contributed by atoms with Gasteiger partial charge in [0, 0.05) is 5.56 Å². The van der Waals surface area contributed by atoms with Crippen LogP contribution in [0.3, 0.4) is 0 Å². The van der Waals surface area contributed by atoms with Crippen LogP contribution in [0, 0.1) is 13.8 Å². The van der Waals surface area contributed by atoms with Crippen molar-refractivity contribution in [3.05, 3.63) is 41.7 Å². The van der Waals surface area contributed by atoms with Crippen molar-refractivity contribution in [3.63, 3.8) is 0 Å². The Morgan fingerprint density at radius 1 is 1.07 bits per heavy atom. The maximum atomic E-state index is 5.63. The molecule has 1 aromatic heterocycles. The first-order valence-electron chi connectivity index (χ1n) is 4.92. The van der Waals surface area contributed by atoms with Gasteiger partial charge in [-0.1, -0.05) is 0 Å². The normalized spacial score (nSPS) is 10.3. The average Bonchev–Trinajstić information content (AvgIpc) is 2.59. The second-order valence-corrected chi connectivity index (χ2v) is 3.58. The van der Waals surface area contributed by atoms with Gasteiger partial charge in [-0.25, -0.2) is 0 Å².